The van der Waals surface area contributed by atoms with Crippen molar-refractivity contribution in [3.8, 4) is 0 Å². The fourth-order valence-electron chi connectivity index (χ4n) is 1.82. The van der Waals surface area contributed by atoms with Gasteiger partial charge < -0.3 is 0 Å². The van der Waals surface area contributed by atoms with E-state index in [4.69, 9.17) is 0 Å². The largest absolute Gasteiger partial charge is 0.264 e. The molecule has 0 saturated carbocycles. The van der Waals surface area contributed by atoms with Gasteiger partial charge in [0.15, 0.2) is 0 Å². The summed E-state index contributed by atoms with van der Waals surface area (Å²) in [5, 5.41) is 8.38. The molecule has 0 amide bonds. The van der Waals surface area contributed by atoms with Crippen LogP contribution in [0.25, 0.3) is 0 Å². The average molecular weight is 286 g/mol. The Hall–Kier alpha value is -3.14. The number of azo groups is 1. The average Bonchev–Trinajstić information content (AvgIpc) is 2.61. The highest BCUT2D eigenvalue weighted by atomic mass is 15.1. The maximum atomic E-state index is 4.40. The van der Waals surface area contributed by atoms with Gasteiger partial charge in [-0.05, 0) is 42.5 Å². The van der Waals surface area contributed by atoms with Crippen LogP contribution >= 0.6 is 0 Å². The van der Waals surface area contributed by atoms with Crippen molar-refractivity contribution in [1.29, 1.82) is 0 Å². The third-order valence-corrected chi connectivity index (χ3v) is 2.93. The zero-order valence-corrected chi connectivity index (χ0v) is 11.9. The molecular formula is C18H14N4. The molecule has 0 N–H and O–H groups in total. The van der Waals surface area contributed by atoms with Crippen molar-refractivity contribution in [3.05, 3.63) is 84.7 Å². The van der Waals surface area contributed by atoms with Crippen LogP contribution in [0.15, 0.2) is 94.3 Å². The smallest absolute Gasteiger partial charge is 0.0858 e. The van der Waals surface area contributed by atoms with Gasteiger partial charge in [-0.25, -0.2) is 0 Å². The Morgan fingerprint density at radius 2 is 1.36 bits per heavy atom. The van der Waals surface area contributed by atoms with Gasteiger partial charge in [0.25, 0.3) is 0 Å². The van der Waals surface area contributed by atoms with Crippen molar-refractivity contribution in [3.63, 3.8) is 0 Å². The van der Waals surface area contributed by atoms with E-state index < -0.39 is 0 Å². The molecule has 0 atom stereocenters. The second kappa shape index (κ2) is 7.04. The Kier molecular flexibility index (Phi) is 4.42. The minimum Gasteiger partial charge on any atom is -0.264 e. The number of pyridine rings is 1. The number of benzene rings is 2. The summed E-state index contributed by atoms with van der Waals surface area (Å²) >= 11 is 0. The monoisotopic (exact) mass is 286 g/mol. The van der Waals surface area contributed by atoms with E-state index in [0.717, 1.165) is 22.6 Å². The Labute approximate surface area is 128 Å². The zero-order chi connectivity index (χ0) is 15.0. The van der Waals surface area contributed by atoms with Crippen LogP contribution in [-0.4, -0.2) is 11.2 Å². The first-order valence-electron chi connectivity index (χ1n) is 6.91. The molecule has 3 aromatic rings. The van der Waals surface area contributed by atoms with Crippen LogP contribution in [0.3, 0.4) is 0 Å². The van der Waals surface area contributed by atoms with Gasteiger partial charge in [0.1, 0.15) is 0 Å². The summed E-state index contributed by atoms with van der Waals surface area (Å²) in [6, 6.07) is 21.1. The van der Waals surface area contributed by atoms with Gasteiger partial charge in [-0.3, -0.25) is 9.98 Å². The molecule has 1 heterocycles. The zero-order valence-electron chi connectivity index (χ0n) is 11.9. The van der Waals surface area contributed by atoms with E-state index in [1.54, 1.807) is 18.6 Å². The van der Waals surface area contributed by atoms with Crippen LogP contribution in [-0.2, 0) is 0 Å². The predicted molar refractivity (Wildman–Crippen MR) is 88.6 cm³/mol. The molecule has 0 unspecified atom stereocenters. The standard InChI is InChI=1S/C18H14N4/c1-2-6-17(7-3-1)21-22-18-10-8-16(9-11-18)20-14-15-5-4-12-19-13-15/h1-14H. The van der Waals surface area contributed by atoms with Crippen LogP contribution in [0.1, 0.15) is 5.56 Å². The summed E-state index contributed by atoms with van der Waals surface area (Å²) in [6.07, 6.45) is 5.29. The lowest BCUT2D eigenvalue weighted by molar-refractivity contribution is 1.23. The lowest BCUT2D eigenvalue weighted by Crippen LogP contribution is -1.80. The van der Waals surface area contributed by atoms with Gasteiger partial charge in [-0.2, -0.15) is 10.2 Å². The number of aliphatic imine (C=N–C) groups is 1. The molecule has 3 rings (SSSR count). The van der Waals surface area contributed by atoms with Crippen LogP contribution in [0.4, 0.5) is 17.1 Å². The van der Waals surface area contributed by atoms with E-state index >= 15 is 0 Å². The molecule has 0 aliphatic rings. The molecule has 0 aliphatic heterocycles. The van der Waals surface area contributed by atoms with E-state index in [0.29, 0.717) is 0 Å². The molecule has 0 spiro atoms. The number of hydrogen-bond donors (Lipinski definition) is 0. The topological polar surface area (TPSA) is 50.0 Å². The second-order valence-electron chi connectivity index (χ2n) is 4.60. The Morgan fingerprint density at radius 3 is 2.05 bits per heavy atom. The molecule has 4 nitrogen and oxygen atoms in total. The van der Waals surface area contributed by atoms with Crippen LogP contribution in [0.5, 0.6) is 0 Å². The summed E-state index contributed by atoms with van der Waals surface area (Å²) in [5.74, 6) is 0. The van der Waals surface area contributed by atoms with Crippen molar-refractivity contribution < 1.29 is 0 Å². The van der Waals surface area contributed by atoms with Crippen molar-refractivity contribution in [2.75, 3.05) is 0 Å². The first-order valence-corrected chi connectivity index (χ1v) is 6.91. The molecule has 0 bridgehead atoms. The molecule has 0 aliphatic carbocycles. The fraction of sp³-hybridized carbons (Fsp3) is 0. The normalized spacial score (nSPS) is 11.3. The van der Waals surface area contributed by atoms with Crippen molar-refractivity contribution >= 4 is 23.3 Å². The van der Waals surface area contributed by atoms with Crippen LogP contribution in [0.2, 0.25) is 0 Å². The molecule has 0 saturated heterocycles. The SMILES string of the molecule is C(=Nc1ccc(N=Nc2ccccc2)cc1)c1cccnc1. The van der Waals surface area contributed by atoms with Gasteiger partial charge >= 0.3 is 0 Å². The summed E-state index contributed by atoms with van der Waals surface area (Å²) in [4.78, 5) is 8.44. The third-order valence-electron chi connectivity index (χ3n) is 2.93. The minimum absolute atomic E-state index is 0.796. The molecule has 4 heteroatoms. The van der Waals surface area contributed by atoms with E-state index in [9.17, 15) is 0 Å². The van der Waals surface area contributed by atoms with E-state index in [2.05, 4.69) is 20.2 Å². The van der Waals surface area contributed by atoms with E-state index in [1.807, 2.05) is 66.7 Å². The first kappa shape index (κ1) is 13.8. The molecule has 1 aromatic heterocycles. The highest BCUT2D eigenvalue weighted by Gasteiger charge is 1.92. The van der Waals surface area contributed by atoms with E-state index in [-0.39, 0.29) is 0 Å². The van der Waals surface area contributed by atoms with Crippen LogP contribution in [0, 0.1) is 0 Å². The highest BCUT2D eigenvalue weighted by Crippen LogP contribution is 2.21. The molecule has 2 aromatic carbocycles. The summed E-state index contributed by atoms with van der Waals surface area (Å²) < 4.78 is 0. The molecular weight excluding hydrogens is 272 g/mol. The number of aromatic nitrogens is 1. The van der Waals surface area contributed by atoms with Crippen molar-refractivity contribution in [2.45, 2.75) is 0 Å². The Balaban J connectivity index is 1.68. The van der Waals surface area contributed by atoms with Crippen molar-refractivity contribution in [2.24, 2.45) is 15.2 Å². The lowest BCUT2D eigenvalue weighted by Gasteiger charge is -1.96. The number of hydrogen-bond acceptors (Lipinski definition) is 4. The summed E-state index contributed by atoms with van der Waals surface area (Å²) in [5.41, 5.74) is 3.46. The first-order chi connectivity index (χ1) is 10.9. The highest BCUT2D eigenvalue weighted by molar-refractivity contribution is 5.81. The van der Waals surface area contributed by atoms with Gasteiger partial charge in [0, 0.05) is 24.2 Å². The summed E-state index contributed by atoms with van der Waals surface area (Å²) in [7, 11) is 0. The molecule has 0 fully saturated rings. The van der Waals surface area contributed by atoms with Gasteiger partial charge in [0.05, 0.1) is 17.1 Å². The maximum Gasteiger partial charge on any atom is 0.0858 e. The van der Waals surface area contributed by atoms with Gasteiger partial charge in [-0.15, -0.1) is 0 Å². The van der Waals surface area contributed by atoms with Crippen molar-refractivity contribution in [1.82, 2.24) is 4.98 Å². The third kappa shape index (κ3) is 3.93. The second-order valence-corrected chi connectivity index (χ2v) is 4.60. The number of nitrogens with zero attached hydrogens (tertiary/aromatic N) is 4. The predicted octanol–water partition coefficient (Wildman–Crippen LogP) is 5.25. The van der Waals surface area contributed by atoms with Gasteiger partial charge in [0.2, 0.25) is 0 Å². The fourth-order valence-corrected chi connectivity index (χ4v) is 1.82. The molecule has 0 radical (unpaired) electrons. The Morgan fingerprint density at radius 1 is 0.682 bits per heavy atom. The quantitative estimate of drug-likeness (QED) is 0.477. The lowest BCUT2D eigenvalue weighted by atomic mass is 10.3. The maximum absolute atomic E-state index is 4.40. The molecule has 22 heavy (non-hydrogen) atoms. The minimum atomic E-state index is 0.796. The Bertz CT molecular complexity index is 695. The number of rotatable bonds is 4. The van der Waals surface area contributed by atoms with E-state index in [1.165, 1.54) is 0 Å². The summed E-state index contributed by atoms with van der Waals surface area (Å²) in [6.45, 7) is 0. The van der Waals surface area contributed by atoms with Gasteiger partial charge in [-0.1, -0.05) is 24.3 Å². The van der Waals surface area contributed by atoms with Crippen LogP contribution < -0.4 is 0 Å². The molecule has 106 valence electrons.